The van der Waals surface area contributed by atoms with Crippen molar-refractivity contribution in [3.05, 3.63) is 53.1 Å². The molecule has 25 heavy (non-hydrogen) atoms. The van der Waals surface area contributed by atoms with Crippen LogP contribution in [0.25, 0.3) is 11.6 Å². The van der Waals surface area contributed by atoms with Gasteiger partial charge in [-0.3, -0.25) is 4.79 Å². The van der Waals surface area contributed by atoms with Gasteiger partial charge in [0.15, 0.2) is 11.5 Å². The molecule has 0 unspecified atom stereocenters. The first kappa shape index (κ1) is 16.9. The molecule has 2 aromatic carbocycles. The topological polar surface area (TPSA) is 47.6 Å². The van der Waals surface area contributed by atoms with Gasteiger partial charge in [-0.25, -0.2) is 0 Å². The fourth-order valence-electron chi connectivity index (χ4n) is 2.63. The minimum Gasteiger partial charge on any atom is -0.493 e. The fourth-order valence-corrected chi connectivity index (χ4v) is 2.63. The van der Waals surface area contributed by atoms with Gasteiger partial charge in [-0.05, 0) is 29.8 Å². The predicted molar refractivity (Wildman–Crippen MR) is 87.5 cm³/mol. The Balaban J connectivity index is 2.08. The summed E-state index contributed by atoms with van der Waals surface area (Å²) in [7, 11) is 2.94. The van der Waals surface area contributed by atoms with Crippen LogP contribution < -0.4 is 14.8 Å². The second-order valence-corrected chi connectivity index (χ2v) is 5.39. The van der Waals surface area contributed by atoms with Gasteiger partial charge in [0.2, 0.25) is 0 Å². The number of benzene rings is 2. The van der Waals surface area contributed by atoms with E-state index in [9.17, 15) is 18.0 Å². The van der Waals surface area contributed by atoms with Gasteiger partial charge >= 0.3 is 6.18 Å². The molecule has 4 nitrogen and oxygen atoms in total. The number of rotatable bonds is 3. The van der Waals surface area contributed by atoms with Crippen molar-refractivity contribution in [2.24, 2.45) is 0 Å². The van der Waals surface area contributed by atoms with Crippen molar-refractivity contribution in [1.82, 2.24) is 0 Å². The third kappa shape index (κ3) is 3.17. The van der Waals surface area contributed by atoms with E-state index in [2.05, 4.69) is 5.32 Å². The number of carbonyl (C=O) groups excluding carboxylic acids is 1. The molecule has 0 aliphatic carbocycles. The Kier molecular flexibility index (Phi) is 4.16. The number of hydrogen-bond acceptors (Lipinski definition) is 3. The average molecular weight is 349 g/mol. The number of hydrogen-bond donors (Lipinski definition) is 1. The number of anilines is 1. The van der Waals surface area contributed by atoms with E-state index in [4.69, 9.17) is 9.47 Å². The van der Waals surface area contributed by atoms with Crippen LogP contribution in [0.2, 0.25) is 0 Å². The fraction of sp³-hybridized carbons (Fsp3) is 0.167. The number of amides is 1. The molecule has 3 rings (SSSR count). The van der Waals surface area contributed by atoms with Crippen molar-refractivity contribution in [3.63, 3.8) is 0 Å². The van der Waals surface area contributed by atoms with Crippen molar-refractivity contribution < 1.29 is 27.4 Å². The zero-order chi connectivity index (χ0) is 18.2. The van der Waals surface area contributed by atoms with Crippen molar-refractivity contribution in [1.29, 1.82) is 0 Å². The van der Waals surface area contributed by atoms with Crippen LogP contribution in [-0.4, -0.2) is 20.1 Å². The van der Waals surface area contributed by atoms with Gasteiger partial charge in [0.05, 0.1) is 25.5 Å². The van der Waals surface area contributed by atoms with Crippen LogP contribution in [0.15, 0.2) is 36.4 Å². The number of alkyl halides is 3. The maximum Gasteiger partial charge on any atom is 0.416 e. The molecule has 0 saturated heterocycles. The largest absolute Gasteiger partial charge is 0.493 e. The number of fused-ring (bicyclic) bond motifs is 1. The molecule has 1 amide bonds. The second-order valence-electron chi connectivity index (χ2n) is 5.39. The Labute approximate surface area is 141 Å². The third-order valence-electron chi connectivity index (χ3n) is 3.83. The number of halogens is 3. The molecule has 0 saturated carbocycles. The number of carbonyl (C=O) groups is 1. The smallest absolute Gasteiger partial charge is 0.416 e. The Hall–Kier alpha value is -2.96. The highest BCUT2D eigenvalue weighted by atomic mass is 19.4. The van der Waals surface area contributed by atoms with Crippen molar-refractivity contribution in [2.45, 2.75) is 6.18 Å². The molecule has 0 spiro atoms. The Morgan fingerprint density at radius 3 is 2.36 bits per heavy atom. The molecule has 0 radical (unpaired) electrons. The molecule has 0 fully saturated rings. The number of methoxy groups -OCH3 is 2. The summed E-state index contributed by atoms with van der Waals surface area (Å²) in [6.07, 6.45) is -3.02. The summed E-state index contributed by atoms with van der Waals surface area (Å²) in [5.74, 6) is 0.470. The molecule has 130 valence electrons. The van der Waals surface area contributed by atoms with Crippen LogP contribution in [0.5, 0.6) is 11.5 Å². The first-order valence-electron chi connectivity index (χ1n) is 7.30. The molecule has 7 heteroatoms. The lowest BCUT2D eigenvalue weighted by atomic mass is 10.0. The number of ether oxygens (including phenoxy) is 2. The van der Waals surface area contributed by atoms with Crippen molar-refractivity contribution in [3.8, 4) is 11.5 Å². The second kappa shape index (κ2) is 6.16. The average Bonchev–Trinajstić information content (AvgIpc) is 2.88. The van der Waals surface area contributed by atoms with Gasteiger partial charge < -0.3 is 14.8 Å². The van der Waals surface area contributed by atoms with Crippen molar-refractivity contribution >= 4 is 23.2 Å². The SMILES string of the molecule is COc1cc2c(cc1OC)C(=Cc1cccc(C(F)(F)F)c1)C(=O)N2. The summed E-state index contributed by atoms with van der Waals surface area (Å²) in [5, 5.41) is 2.67. The van der Waals surface area contributed by atoms with Crippen molar-refractivity contribution in [2.75, 3.05) is 19.5 Å². The van der Waals surface area contributed by atoms with E-state index >= 15 is 0 Å². The first-order valence-corrected chi connectivity index (χ1v) is 7.30. The molecule has 2 aromatic rings. The molecular weight excluding hydrogens is 335 g/mol. The van der Waals surface area contributed by atoms with Crippen LogP contribution in [0, 0.1) is 0 Å². The van der Waals surface area contributed by atoms with E-state index in [1.165, 1.54) is 32.4 Å². The minimum atomic E-state index is -4.44. The van der Waals surface area contributed by atoms with Gasteiger partial charge in [0.1, 0.15) is 0 Å². The normalized spacial score (nSPS) is 15.1. The Morgan fingerprint density at radius 1 is 1.04 bits per heavy atom. The lowest BCUT2D eigenvalue weighted by molar-refractivity contribution is -0.137. The quantitative estimate of drug-likeness (QED) is 0.844. The minimum absolute atomic E-state index is 0.260. The van der Waals surface area contributed by atoms with E-state index in [1.54, 1.807) is 12.1 Å². The molecule has 0 aromatic heterocycles. The highest BCUT2D eigenvalue weighted by Gasteiger charge is 2.31. The molecule has 0 atom stereocenters. The zero-order valence-corrected chi connectivity index (χ0v) is 13.4. The van der Waals surface area contributed by atoms with Crippen LogP contribution in [0.3, 0.4) is 0 Å². The summed E-state index contributed by atoms with van der Waals surface area (Å²) >= 11 is 0. The highest BCUT2D eigenvalue weighted by molar-refractivity contribution is 6.35. The standard InChI is InChI=1S/C18H14F3NO3/c1-24-15-8-12-13(17(23)22-14(12)9-16(15)25-2)7-10-4-3-5-11(6-10)18(19,20)21/h3-9H,1-2H3,(H,22,23). The van der Waals surface area contributed by atoms with Gasteiger partial charge in [0, 0.05) is 17.2 Å². The zero-order valence-electron chi connectivity index (χ0n) is 13.4. The maximum absolute atomic E-state index is 12.8. The third-order valence-corrected chi connectivity index (χ3v) is 3.83. The van der Waals surface area contributed by atoms with Crippen LogP contribution in [0.4, 0.5) is 18.9 Å². The lowest BCUT2D eigenvalue weighted by Crippen LogP contribution is -2.05. The first-order chi connectivity index (χ1) is 11.8. The maximum atomic E-state index is 12.8. The summed E-state index contributed by atoms with van der Waals surface area (Å²) in [6, 6.07) is 8.02. The highest BCUT2D eigenvalue weighted by Crippen LogP contribution is 2.41. The molecule has 0 bridgehead atoms. The molecule has 1 N–H and O–H groups in total. The number of nitrogens with one attached hydrogen (secondary N) is 1. The van der Waals surface area contributed by atoms with Gasteiger partial charge in [0.25, 0.3) is 5.91 Å². The summed E-state index contributed by atoms with van der Waals surface area (Å²) in [5.41, 5.74) is 0.826. The summed E-state index contributed by atoms with van der Waals surface area (Å²) in [6.45, 7) is 0. The predicted octanol–water partition coefficient (Wildman–Crippen LogP) is 4.22. The van der Waals surface area contributed by atoms with E-state index in [0.717, 1.165) is 12.1 Å². The van der Waals surface area contributed by atoms with Gasteiger partial charge in [-0.15, -0.1) is 0 Å². The molecule has 1 heterocycles. The molecule has 1 aliphatic heterocycles. The van der Waals surface area contributed by atoms with E-state index in [1.807, 2.05) is 0 Å². The monoisotopic (exact) mass is 349 g/mol. The van der Waals surface area contributed by atoms with E-state index in [-0.39, 0.29) is 11.1 Å². The van der Waals surface area contributed by atoms with E-state index < -0.39 is 17.6 Å². The van der Waals surface area contributed by atoms with Gasteiger partial charge in [-0.1, -0.05) is 12.1 Å². The van der Waals surface area contributed by atoms with Crippen LogP contribution >= 0.6 is 0 Å². The Bertz CT molecular complexity index is 872. The lowest BCUT2D eigenvalue weighted by Gasteiger charge is -2.10. The summed E-state index contributed by atoms with van der Waals surface area (Å²) < 4.78 is 48.9. The Morgan fingerprint density at radius 2 is 1.72 bits per heavy atom. The molecule has 1 aliphatic rings. The summed E-state index contributed by atoms with van der Waals surface area (Å²) in [4.78, 5) is 12.2. The van der Waals surface area contributed by atoms with Gasteiger partial charge in [-0.2, -0.15) is 13.2 Å². The van der Waals surface area contributed by atoms with Crippen LogP contribution in [-0.2, 0) is 11.0 Å². The van der Waals surface area contributed by atoms with Crippen LogP contribution in [0.1, 0.15) is 16.7 Å². The molecular formula is C18H14F3NO3. The van der Waals surface area contributed by atoms with E-state index in [0.29, 0.717) is 22.7 Å².